The van der Waals surface area contributed by atoms with Gasteiger partial charge >= 0.3 is 12.1 Å². The van der Waals surface area contributed by atoms with Crippen molar-refractivity contribution < 1.29 is 24.2 Å². The number of hydrogen-bond acceptors (Lipinski definition) is 5. The maximum absolute atomic E-state index is 11.9. The van der Waals surface area contributed by atoms with Gasteiger partial charge < -0.3 is 9.84 Å². The van der Waals surface area contributed by atoms with E-state index < -0.39 is 12.1 Å². The van der Waals surface area contributed by atoms with Gasteiger partial charge in [0.2, 0.25) is 5.91 Å². The van der Waals surface area contributed by atoms with Crippen LogP contribution < -0.4 is 0 Å². The lowest BCUT2D eigenvalue weighted by Gasteiger charge is -2.27. The lowest BCUT2D eigenvalue weighted by molar-refractivity contribution is -0.139. The smallest absolute Gasteiger partial charge is 0.416 e. The first-order chi connectivity index (χ1) is 8.45. The van der Waals surface area contributed by atoms with Gasteiger partial charge in [0.25, 0.3) is 0 Å². The molecule has 1 rings (SSSR count). The van der Waals surface area contributed by atoms with Gasteiger partial charge in [-0.1, -0.05) is 6.92 Å². The summed E-state index contributed by atoms with van der Waals surface area (Å²) in [5.74, 6) is -1.26. The van der Waals surface area contributed by atoms with E-state index in [1.54, 1.807) is 11.8 Å². The van der Waals surface area contributed by atoms with E-state index in [0.29, 0.717) is 6.54 Å². The third kappa shape index (κ3) is 3.69. The number of carbonyl (C=O) groups excluding carboxylic acids is 2. The van der Waals surface area contributed by atoms with Crippen LogP contribution in [0.25, 0.3) is 0 Å². The van der Waals surface area contributed by atoms with Crippen LogP contribution in [0.4, 0.5) is 4.79 Å². The fourth-order valence-electron chi connectivity index (χ4n) is 1.84. The molecule has 7 heteroatoms. The second-order valence-electron chi connectivity index (χ2n) is 4.17. The van der Waals surface area contributed by atoms with Crippen molar-refractivity contribution in [1.29, 1.82) is 0 Å². The molecule has 102 valence electrons. The van der Waals surface area contributed by atoms with Gasteiger partial charge in [0.15, 0.2) is 0 Å². The topological polar surface area (TPSA) is 87.2 Å². The highest BCUT2D eigenvalue weighted by Crippen LogP contribution is 2.08. The SMILES string of the molecule is CCN(CC(=O)N1CCOC1=O)C(C)CC(=O)O. The number of cyclic esters (lactones) is 1. The van der Waals surface area contributed by atoms with Crippen molar-refractivity contribution >= 4 is 18.0 Å². The largest absolute Gasteiger partial charge is 0.481 e. The number of ether oxygens (including phenoxy) is 1. The Morgan fingerprint density at radius 3 is 2.67 bits per heavy atom. The summed E-state index contributed by atoms with van der Waals surface area (Å²) in [7, 11) is 0. The molecule has 1 saturated heterocycles. The Balaban J connectivity index is 2.54. The average molecular weight is 258 g/mol. The number of amides is 2. The number of aliphatic carboxylic acids is 1. The minimum absolute atomic E-state index is 0.0278. The Kier molecular flexibility index (Phi) is 5.08. The molecule has 18 heavy (non-hydrogen) atoms. The summed E-state index contributed by atoms with van der Waals surface area (Å²) >= 11 is 0. The fourth-order valence-corrected chi connectivity index (χ4v) is 1.84. The summed E-state index contributed by atoms with van der Waals surface area (Å²) in [5, 5.41) is 8.72. The molecular weight excluding hydrogens is 240 g/mol. The van der Waals surface area contributed by atoms with Crippen LogP contribution in [0, 0.1) is 0 Å². The molecule has 1 atom stereocenters. The number of carboxylic acid groups (broad SMARTS) is 1. The molecule has 2 amide bonds. The van der Waals surface area contributed by atoms with Crippen molar-refractivity contribution in [1.82, 2.24) is 9.80 Å². The van der Waals surface area contributed by atoms with Gasteiger partial charge in [-0.2, -0.15) is 0 Å². The molecule has 0 aromatic rings. The number of rotatable bonds is 6. The monoisotopic (exact) mass is 258 g/mol. The molecule has 0 spiro atoms. The Hall–Kier alpha value is -1.63. The molecule has 0 radical (unpaired) electrons. The maximum atomic E-state index is 11.9. The molecule has 0 saturated carbocycles. The van der Waals surface area contributed by atoms with Crippen molar-refractivity contribution in [2.24, 2.45) is 0 Å². The minimum atomic E-state index is -0.908. The first kappa shape index (κ1) is 14.4. The molecule has 1 heterocycles. The van der Waals surface area contributed by atoms with E-state index in [1.807, 2.05) is 6.92 Å². The third-order valence-electron chi connectivity index (χ3n) is 2.90. The van der Waals surface area contributed by atoms with Gasteiger partial charge in [-0.15, -0.1) is 0 Å². The van der Waals surface area contributed by atoms with Crippen LogP contribution in [0.3, 0.4) is 0 Å². The van der Waals surface area contributed by atoms with Crippen LogP contribution in [0.5, 0.6) is 0 Å². The molecule has 1 unspecified atom stereocenters. The Bertz CT molecular complexity index is 344. The summed E-state index contributed by atoms with van der Waals surface area (Å²) < 4.78 is 4.68. The molecule has 1 fully saturated rings. The van der Waals surface area contributed by atoms with Gasteiger partial charge in [-0.25, -0.2) is 9.69 Å². The Morgan fingerprint density at radius 2 is 2.22 bits per heavy atom. The van der Waals surface area contributed by atoms with Crippen molar-refractivity contribution in [2.45, 2.75) is 26.3 Å². The zero-order chi connectivity index (χ0) is 13.7. The number of imide groups is 1. The summed E-state index contributed by atoms with van der Waals surface area (Å²) in [6, 6.07) is -0.255. The van der Waals surface area contributed by atoms with E-state index in [0.717, 1.165) is 4.90 Å². The quantitative estimate of drug-likeness (QED) is 0.729. The molecular formula is C11H18N2O5. The zero-order valence-corrected chi connectivity index (χ0v) is 10.6. The standard InChI is InChI=1S/C11H18N2O5/c1-3-12(8(2)6-10(15)16)7-9(14)13-4-5-18-11(13)17/h8H,3-7H2,1-2H3,(H,15,16). The van der Waals surface area contributed by atoms with E-state index in [-0.39, 0.29) is 38.1 Å². The number of carboxylic acids is 1. The molecule has 1 aliphatic rings. The second kappa shape index (κ2) is 6.34. The van der Waals surface area contributed by atoms with Crippen LogP contribution in [0.15, 0.2) is 0 Å². The maximum Gasteiger partial charge on any atom is 0.416 e. The Morgan fingerprint density at radius 1 is 1.56 bits per heavy atom. The summed E-state index contributed by atoms with van der Waals surface area (Å²) in [5.41, 5.74) is 0. The van der Waals surface area contributed by atoms with Gasteiger partial charge in [0, 0.05) is 6.04 Å². The second-order valence-corrected chi connectivity index (χ2v) is 4.17. The van der Waals surface area contributed by atoms with E-state index in [1.165, 1.54) is 0 Å². The van der Waals surface area contributed by atoms with Crippen LogP contribution in [0.2, 0.25) is 0 Å². The van der Waals surface area contributed by atoms with Crippen LogP contribution in [0.1, 0.15) is 20.3 Å². The van der Waals surface area contributed by atoms with Crippen molar-refractivity contribution in [2.75, 3.05) is 26.2 Å². The molecule has 1 N–H and O–H groups in total. The molecule has 1 aliphatic heterocycles. The normalized spacial score (nSPS) is 16.8. The van der Waals surface area contributed by atoms with Gasteiger partial charge in [-0.3, -0.25) is 14.5 Å². The lowest BCUT2D eigenvalue weighted by atomic mass is 10.2. The highest BCUT2D eigenvalue weighted by atomic mass is 16.6. The zero-order valence-electron chi connectivity index (χ0n) is 10.6. The predicted octanol–water partition coefficient (Wildman–Crippen LogP) is 0.150. The number of likely N-dealkylation sites (N-methyl/N-ethyl adjacent to an activating group) is 1. The van der Waals surface area contributed by atoms with Crippen LogP contribution in [-0.2, 0) is 14.3 Å². The van der Waals surface area contributed by atoms with Gasteiger partial charge in [0.1, 0.15) is 6.61 Å². The third-order valence-corrected chi connectivity index (χ3v) is 2.90. The number of carbonyl (C=O) groups is 3. The van der Waals surface area contributed by atoms with Crippen LogP contribution in [-0.4, -0.2) is 65.2 Å². The molecule has 0 aromatic carbocycles. The van der Waals surface area contributed by atoms with Crippen molar-refractivity contribution in [3.8, 4) is 0 Å². The molecule has 0 bridgehead atoms. The lowest BCUT2D eigenvalue weighted by Crippen LogP contribution is -2.44. The highest BCUT2D eigenvalue weighted by molar-refractivity contribution is 5.94. The van der Waals surface area contributed by atoms with Gasteiger partial charge in [0.05, 0.1) is 19.5 Å². The summed E-state index contributed by atoms with van der Waals surface area (Å²) in [4.78, 5) is 36.5. The van der Waals surface area contributed by atoms with Crippen molar-refractivity contribution in [3.63, 3.8) is 0 Å². The predicted molar refractivity (Wildman–Crippen MR) is 62.0 cm³/mol. The number of hydrogen-bond donors (Lipinski definition) is 1. The van der Waals surface area contributed by atoms with Crippen LogP contribution >= 0.6 is 0 Å². The Labute approximate surface area is 105 Å². The summed E-state index contributed by atoms with van der Waals surface area (Å²) in [6.45, 7) is 4.65. The molecule has 0 aliphatic carbocycles. The van der Waals surface area contributed by atoms with E-state index in [4.69, 9.17) is 5.11 Å². The van der Waals surface area contributed by atoms with Crippen molar-refractivity contribution in [3.05, 3.63) is 0 Å². The number of nitrogens with zero attached hydrogens (tertiary/aromatic N) is 2. The molecule has 0 aromatic heterocycles. The molecule has 7 nitrogen and oxygen atoms in total. The highest BCUT2D eigenvalue weighted by Gasteiger charge is 2.30. The fraction of sp³-hybridized carbons (Fsp3) is 0.727. The van der Waals surface area contributed by atoms with Gasteiger partial charge in [-0.05, 0) is 13.5 Å². The summed E-state index contributed by atoms with van der Waals surface area (Å²) in [6.07, 6.45) is -0.659. The van der Waals surface area contributed by atoms with E-state index in [9.17, 15) is 14.4 Å². The first-order valence-electron chi connectivity index (χ1n) is 5.88. The first-order valence-corrected chi connectivity index (χ1v) is 5.88. The average Bonchev–Trinajstić information content (AvgIpc) is 2.70. The minimum Gasteiger partial charge on any atom is -0.481 e. The van der Waals surface area contributed by atoms with E-state index >= 15 is 0 Å². The van der Waals surface area contributed by atoms with E-state index in [2.05, 4.69) is 4.74 Å².